The van der Waals surface area contributed by atoms with Crippen molar-refractivity contribution in [3.63, 3.8) is 0 Å². The lowest BCUT2D eigenvalue weighted by Crippen LogP contribution is -2.21. The molecule has 3 rings (SSSR count). The van der Waals surface area contributed by atoms with Crippen LogP contribution in [0.1, 0.15) is 15.9 Å². The molecule has 0 saturated carbocycles. The Morgan fingerprint density at radius 2 is 1.54 bits per heavy atom. The van der Waals surface area contributed by atoms with Gasteiger partial charge in [-0.1, -0.05) is 42.5 Å². The third-order valence-corrected chi connectivity index (χ3v) is 3.82. The number of esters is 1. The molecular formula is C22H18FNO4. The number of halogens is 1. The number of anilines is 1. The van der Waals surface area contributed by atoms with E-state index < -0.39 is 24.3 Å². The van der Waals surface area contributed by atoms with E-state index in [0.29, 0.717) is 12.2 Å². The number of hydrogen-bond donors (Lipinski definition) is 1. The van der Waals surface area contributed by atoms with Crippen LogP contribution in [0.15, 0.2) is 78.9 Å². The van der Waals surface area contributed by atoms with E-state index in [1.165, 1.54) is 18.2 Å². The summed E-state index contributed by atoms with van der Waals surface area (Å²) in [6, 6.07) is 21.8. The maximum Gasteiger partial charge on any atom is 0.338 e. The molecule has 3 aromatic carbocycles. The minimum atomic E-state index is -0.640. The second-order valence-corrected chi connectivity index (χ2v) is 5.90. The zero-order chi connectivity index (χ0) is 19.8. The van der Waals surface area contributed by atoms with Gasteiger partial charge in [0.05, 0.1) is 11.3 Å². The van der Waals surface area contributed by atoms with Crippen LogP contribution in [0, 0.1) is 5.82 Å². The standard InChI is InChI=1S/C22H18FNO4/c23-19-8-4-5-9-20(19)24-21(25)15-28-22(26)17-12-10-16(11-13-17)14-27-18-6-2-1-3-7-18/h1-13H,14-15H2,(H,24,25). The minimum Gasteiger partial charge on any atom is -0.489 e. The number of para-hydroxylation sites is 2. The number of amides is 1. The maximum absolute atomic E-state index is 13.5. The van der Waals surface area contributed by atoms with Crippen LogP contribution in [-0.2, 0) is 16.1 Å². The van der Waals surface area contributed by atoms with Gasteiger partial charge in [-0.3, -0.25) is 4.79 Å². The molecule has 0 bridgehead atoms. The van der Waals surface area contributed by atoms with E-state index in [-0.39, 0.29) is 5.69 Å². The predicted molar refractivity (Wildman–Crippen MR) is 103 cm³/mol. The third kappa shape index (κ3) is 5.41. The molecule has 0 saturated heterocycles. The lowest BCUT2D eigenvalue weighted by Gasteiger charge is -2.08. The smallest absolute Gasteiger partial charge is 0.338 e. The van der Waals surface area contributed by atoms with Crippen LogP contribution in [0.5, 0.6) is 5.75 Å². The minimum absolute atomic E-state index is 0.0336. The van der Waals surface area contributed by atoms with E-state index in [2.05, 4.69) is 5.32 Å². The van der Waals surface area contributed by atoms with Crippen molar-refractivity contribution < 1.29 is 23.5 Å². The molecule has 0 unspecified atom stereocenters. The molecule has 1 amide bonds. The number of carbonyl (C=O) groups is 2. The van der Waals surface area contributed by atoms with E-state index in [1.54, 1.807) is 30.3 Å². The fraction of sp³-hybridized carbons (Fsp3) is 0.0909. The molecule has 0 heterocycles. The van der Waals surface area contributed by atoms with Gasteiger partial charge in [0.25, 0.3) is 5.91 Å². The van der Waals surface area contributed by atoms with Crippen molar-refractivity contribution in [1.29, 1.82) is 0 Å². The van der Waals surface area contributed by atoms with Crippen LogP contribution in [0.3, 0.4) is 0 Å². The Hall–Kier alpha value is -3.67. The molecule has 0 aliphatic rings. The largest absolute Gasteiger partial charge is 0.489 e. The van der Waals surface area contributed by atoms with Crippen LogP contribution in [0.25, 0.3) is 0 Å². The van der Waals surface area contributed by atoms with E-state index in [0.717, 1.165) is 11.3 Å². The first-order chi connectivity index (χ1) is 13.6. The zero-order valence-electron chi connectivity index (χ0n) is 14.9. The number of benzene rings is 3. The molecule has 0 aromatic heterocycles. The fourth-order valence-electron chi connectivity index (χ4n) is 2.38. The average molecular weight is 379 g/mol. The topological polar surface area (TPSA) is 64.6 Å². The lowest BCUT2D eigenvalue weighted by molar-refractivity contribution is -0.119. The number of ether oxygens (including phenoxy) is 2. The second-order valence-electron chi connectivity index (χ2n) is 5.90. The Labute approximate surface area is 161 Å². The van der Waals surface area contributed by atoms with Gasteiger partial charge in [-0.2, -0.15) is 0 Å². The van der Waals surface area contributed by atoms with Gasteiger partial charge < -0.3 is 14.8 Å². The first-order valence-corrected chi connectivity index (χ1v) is 8.60. The molecule has 6 heteroatoms. The van der Waals surface area contributed by atoms with Crippen molar-refractivity contribution in [1.82, 2.24) is 0 Å². The summed E-state index contributed by atoms with van der Waals surface area (Å²) < 4.78 is 24.1. The molecule has 0 radical (unpaired) electrons. The summed E-state index contributed by atoms with van der Waals surface area (Å²) in [4.78, 5) is 23.9. The van der Waals surface area contributed by atoms with Gasteiger partial charge in [0, 0.05) is 0 Å². The van der Waals surface area contributed by atoms with E-state index in [1.807, 2.05) is 30.3 Å². The predicted octanol–water partition coefficient (Wildman–Crippen LogP) is 4.20. The number of carbonyl (C=O) groups excluding carboxylic acids is 2. The summed E-state index contributed by atoms with van der Waals surface area (Å²) in [6.45, 7) is -0.142. The maximum atomic E-state index is 13.5. The van der Waals surface area contributed by atoms with E-state index in [9.17, 15) is 14.0 Å². The van der Waals surface area contributed by atoms with Crippen LogP contribution in [0.4, 0.5) is 10.1 Å². The summed E-state index contributed by atoms with van der Waals surface area (Å²) in [6.07, 6.45) is 0. The van der Waals surface area contributed by atoms with Crippen LogP contribution < -0.4 is 10.1 Å². The summed E-state index contributed by atoms with van der Waals surface area (Å²) in [5.41, 5.74) is 1.23. The van der Waals surface area contributed by atoms with E-state index >= 15 is 0 Å². The SMILES string of the molecule is O=C(COC(=O)c1ccc(COc2ccccc2)cc1)Nc1ccccc1F. The first kappa shape index (κ1) is 19.1. The summed E-state index contributed by atoms with van der Waals surface area (Å²) in [5, 5.41) is 2.35. The van der Waals surface area contributed by atoms with Gasteiger partial charge in [-0.25, -0.2) is 9.18 Å². The lowest BCUT2D eigenvalue weighted by atomic mass is 10.1. The van der Waals surface area contributed by atoms with Crippen molar-refractivity contribution in [2.75, 3.05) is 11.9 Å². The number of hydrogen-bond acceptors (Lipinski definition) is 4. The van der Waals surface area contributed by atoms with Crippen molar-refractivity contribution in [2.24, 2.45) is 0 Å². The quantitative estimate of drug-likeness (QED) is 0.625. The van der Waals surface area contributed by atoms with Crippen molar-refractivity contribution in [3.05, 3.63) is 95.8 Å². The first-order valence-electron chi connectivity index (χ1n) is 8.60. The molecular weight excluding hydrogens is 361 g/mol. The highest BCUT2D eigenvalue weighted by molar-refractivity contribution is 5.95. The highest BCUT2D eigenvalue weighted by atomic mass is 19.1. The molecule has 0 aliphatic carbocycles. The van der Waals surface area contributed by atoms with Crippen molar-refractivity contribution in [2.45, 2.75) is 6.61 Å². The zero-order valence-corrected chi connectivity index (χ0v) is 14.9. The van der Waals surface area contributed by atoms with E-state index in [4.69, 9.17) is 9.47 Å². The van der Waals surface area contributed by atoms with Gasteiger partial charge in [-0.15, -0.1) is 0 Å². The van der Waals surface area contributed by atoms with Gasteiger partial charge in [0.2, 0.25) is 0 Å². The molecule has 3 aromatic rings. The average Bonchev–Trinajstić information content (AvgIpc) is 2.73. The molecule has 0 spiro atoms. The van der Waals surface area contributed by atoms with Gasteiger partial charge in [0.1, 0.15) is 18.2 Å². The van der Waals surface area contributed by atoms with Gasteiger partial charge >= 0.3 is 5.97 Å². The highest BCUT2D eigenvalue weighted by Crippen LogP contribution is 2.14. The Bertz CT molecular complexity index is 942. The van der Waals surface area contributed by atoms with Crippen LogP contribution in [0.2, 0.25) is 0 Å². The number of rotatable bonds is 7. The Kier molecular flexibility index (Phi) is 6.36. The van der Waals surface area contributed by atoms with Crippen molar-refractivity contribution in [3.8, 4) is 5.75 Å². The highest BCUT2D eigenvalue weighted by Gasteiger charge is 2.12. The van der Waals surface area contributed by atoms with Crippen molar-refractivity contribution >= 4 is 17.6 Å². The molecule has 142 valence electrons. The molecule has 5 nitrogen and oxygen atoms in total. The van der Waals surface area contributed by atoms with Crippen LogP contribution >= 0.6 is 0 Å². The Morgan fingerprint density at radius 1 is 0.857 bits per heavy atom. The van der Waals surface area contributed by atoms with Gasteiger partial charge in [0.15, 0.2) is 6.61 Å². The normalized spacial score (nSPS) is 10.2. The van der Waals surface area contributed by atoms with Crippen LogP contribution in [-0.4, -0.2) is 18.5 Å². The second kappa shape index (κ2) is 9.32. The summed E-state index contributed by atoms with van der Waals surface area (Å²) in [5.74, 6) is -1.06. The van der Waals surface area contributed by atoms with Gasteiger partial charge in [-0.05, 0) is 42.0 Å². The summed E-state index contributed by atoms with van der Waals surface area (Å²) in [7, 11) is 0. The molecule has 1 N–H and O–H groups in total. The fourth-order valence-corrected chi connectivity index (χ4v) is 2.38. The molecule has 28 heavy (non-hydrogen) atoms. The molecule has 0 atom stereocenters. The monoisotopic (exact) mass is 379 g/mol. The Balaban J connectivity index is 1.47. The molecule has 0 aliphatic heterocycles. The molecule has 0 fully saturated rings. The third-order valence-electron chi connectivity index (χ3n) is 3.82. The summed E-state index contributed by atoms with van der Waals surface area (Å²) >= 11 is 0. The Morgan fingerprint density at radius 3 is 2.25 bits per heavy atom. The number of nitrogens with one attached hydrogen (secondary N) is 1.